The Balaban J connectivity index is 4.32. The monoisotopic (exact) mass is 247 g/mol. The lowest BCUT2D eigenvalue weighted by molar-refractivity contribution is -0.144. The summed E-state index contributed by atoms with van der Waals surface area (Å²) in [4.78, 5) is 22.5. The number of carboxylic acid groups (broad SMARTS) is 1. The van der Waals surface area contributed by atoms with Crippen molar-refractivity contribution in [3.8, 4) is 0 Å². The van der Waals surface area contributed by atoms with E-state index in [-0.39, 0.29) is 5.91 Å². The number of carboxylic acids is 1. The van der Waals surface area contributed by atoms with Crippen LogP contribution < -0.4 is 5.32 Å². The van der Waals surface area contributed by atoms with Gasteiger partial charge in [0, 0.05) is 0 Å². The lowest BCUT2D eigenvalue weighted by atomic mass is 9.87. The Morgan fingerprint density at radius 3 is 2.12 bits per heavy atom. The van der Waals surface area contributed by atoms with Gasteiger partial charge in [-0.25, -0.2) is 4.79 Å². The number of hydrogen-bond acceptors (Lipinski definition) is 3. The molecule has 0 bridgehead atoms. The number of amides is 1. The van der Waals surface area contributed by atoms with Crippen molar-refractivity contribution in [2.24, 2.45) is 5.41 Å². The molecule has 0 saturated carbocycles. The van der Waals surface area contributed by atoms with E-state index < -0.39 is 17.4 Å². The molecule has 0 fully saturated rings. The third-order valence-corrected chi connectivity index (χ3v) is 3.06. The van der Waals surface area contributed by atoms with E-state index in [9.17, 15) is 9.59 Å². The fourth-order valence-corrected chi connectivity index (χ4v) is 1.66. The fourth-order valence-electron chi connectivity index (χ4n) is 1.09. The van der Waals surface area contributed by atoms with E-state index >= 15 is 0 Å². The van der Waals surface area contributed by atoms with E-state index in [4.69, 9.17) is 5.11 Å². The summed E-state index contributed by atoms with van der Waals surface area (Å²) in [6.07, 6.45) is 0. The maximum Gasteiger partial charge on any atom is 0.326 e. The van der Waals surface area contributed by atoms with Crippen LogP contribution >= 0.6 is 11.8 Å². The first-order valence-electron chi connectivity index (χ1n) is 5.28. The van der Waals surface area contributed by atoms with Crippen LogP contribution in [0.5, 0.6) is 0 Å². The quantitative estimate of drug-likeness (QED) is 0.776. The average molecular weight is 247 g/mol. The minimum atomic E-state index is -0.990. The van der Waals surface area contributed by atoms with Gasteiger partial charge in [0.05, 0.1) is 5.75 Å². The number of rotatable bonds is 5. The van der Waals surface area contributed by atoms with E-state index in [2.05, 4.69) is 5.32 Å². The third kappa shape index (κ3) is 6.00. The molecular weight excluding hydrogens is 226 g/mol. The largest absolute Gasteiger partial charge is 0.480 e. The summed E-state index contributed by atoms with van der Waals surface area (Å²) >= 11 is 1.50. The second-order valence-corrected chi connectivity index (χ2v) is 6.63. The third-order valence-electron chi connectivity index (χ3n) is 1.97. The standard InChI is InChI=1S/C11H21NO3S/c1-7(2)16-6-8(13)12-9(10(14)15)11(3,4)5/h7,9H,6H2,1-5H3,(H,12,13)(H,14,15). The maximum absolute atomic E-state index is 11.5. The van der Waals surface area contributed by atoms with Crippen LogP contribution in [-0.4, -0.2) is 34.0 Å². The molecule has 94 valence electrons. The molecule has 2 N–H and O–H groups in total. The summed E-state index contributed by atoms with van der Waals surface area (Å²) in [5.74, 6) is -0.909. The Morgan fingerprint density at radius 1 is 1.31 bits per heavy atom. The predicted molar refractivity (Wildman–Crippen MR) is 66.6 cm³/mol. The van der Waals surface area contributed by atoms with Gasteiger partial charge in [0.25, 0.3) is 0 Å². The molecule has 0 aliphatic carbocycles. The van der Waals surface area contributed by atoms with Crippen LogP contribution in [0.25, 0.3) is 0 Å². The van der Waals surface area contributed by atoms with Crippen molar-refractivity contribution in [1.29, 1.82) is 0 Å². The van der Waals surface area contributed by atoms with Crippen molar-refractivity contribution in [2.75, 3.05) is 5.75 Å². The molecule has 0 saturated heterocycles. The highest BCUT2D eigenvalue weighted by Crippen LogP contribution is 2.19. The molecule has 0 heterocycles. The van der Waals surface area contributed by atoms with Crippen LogP contribution in [-0.2, 0) is 9.59 Å². The number of aliphatic carboxylic acids is 1. The van der Waals surface area contributed by atoms with Crippen LogP contribution in [0.3, 0.4) is 0 Å². The van der Waals surface area contributed by atoms with Crippen molar-refractivity contribution in [1.82, 2.24) is 5.32 Å². The van der Waals surface area contributed by atoms with Gasteiger partial charge >= 0.3 is 5.97 Å². The molecule has 16 heavy (non-hydrogen) atoms. The van der Waals surface area contributed by atoms with E-state index in [0.717, 1.165) is 0 Å². The SMILES string of the molecule is CC(C)SCC(=O)NC(C(=O)O)C(C)(C)C. The van der Waals surface area contributed by atoms with E-state index in [1.54, 1.807) is 20.8 Å². The normalized spacial score (nSPS) is 13.6. The number of carbonyl (C=O) groups is 2. The summed E-state index contributed by atoms with van der Waals surface area (Å²) in [7, 11) is 0. The Morgan fingerprint density at radius 2 is 1.81 bits per heavy atom. The Bertz CT molecular complexity index is 258. The van der Waals surface area contributed by atoms with Crippen molar-refractivity contribution in [2.45, 2.75) is 45.9 Å². The van der Waals surface area contributed by atoms with Crippen LogP contribution in [0.15, 0.2) is 0 Å². The van der Waals surface area contributed by atoms with Crippen LogP contribution in [0, 0.1) is 5.41 Å². The molecule has 0 aromatic heterocycles. The van der Waals surface area contributed by atoms with Gasteiger partial charge in [-0.15, -0.1) is 11.8 Å². The Hall–Kier alpha value is -0.710. The van der Waals surface area contributed by atoms with Crippen LogP contribution in [0.2, 0.25) is 0 Å². The molecule has 0 aromatic carbocycles. The first-order valence-corrected chi connectivity index (χ1v) is 6.33. The number of thioether (sulfide) groups is 1. The molecule has 0 radical (unpaired) electrons. The summed E-state index contributed by atoms with van der Waals surface area (Å²) in [5.41, 5.74) is -0.482. The zero-order valence-corrected chi connectivity index (χ0v) is 11.4. The Labute approximate surface area is 101 Å². The second kappa shape index (κ2) is 6.13. The van der Waals surface area contributed by atoms with Crippen molar-refractivity contribution in [3.63, 3.8) is 0 Å². The summed E-state index contributed by atoms with van der Waals surface area (Å²) in [6.45, 7) is 9.37. The minimum Gasteiger partial charge on any atom is -0.480 e. The first kappa shape index (κ1) is 15.3. The first-order chi connectivity index (χ1) is 7.14. The molecule has 5 heteroatoms. The second-order valence-electron chi connectivity index (χ2n) is 5.06. The van der Waals surface area contributed by atoms with Gasteiger partial charge in [0.15, 0.2) is 0 Å². The van der Waals surface area contributed by atoms with E-state index in [1.807, 2.05) is 13.8 Å². The van der Waals surface area contributed by atoms with Gasteiger partial charge in [-0.2, -0.15) is 0 Å². The highest BCUT2D eigenvalue weighted by Gasteiger charge is 2.32. The molecule has 1 atom stereocenters. The number of carbonyl (C=O) groups excluding carboxylic acids is 1. The molecule has 0 aliphatic heterocycles. The van der Waals surface area contributed by atoms with Crippen molar-refractivity contribution < 1.29 is 14.7 Å². The Kier molecular flexibility index (Phi) is 5.86. The molecule has 4 nitrogen and oxygen atoms in total. The molecular formula is C11H21NO3S. The summed E-state index contributed by atoms with van der Waals surface area (Å²) in [5, 5.41) is 11.9. The number of hydrogen-bond donors (Lipinski definition) is 2. The molecule has 0 spiro atoms. The zero-order chi connectivity index (χ0) is 12.9. The van der Waals surface area contributed by atoms with Crippen LogP contribution in [0.1, 0.15) is 34.6 Å². The smallest absolute Gasteiger partial charge is 0.326 e. The summed E-state index contributed by atoms with van der Waals surface area (Å²) in [6, 6.07) is -0.840. The zero-order valence-electron chi connectivity index (χ0n) is 10.5. The lowest BCUT2D eigenvalue weighted by Gasteiger charge is -2.27. The minimum absolute atomic E-state index is 0.221. The fraction of sp³-hybridized carbons (Fsp3) is 0.818. The van der Waals surface area contributed by atoms with E-state index in [1.165, 1.54) is 11.8 Å². The lowest BCUT2D eigenvalue weighted by Crippen LogP contribution is -2.49. The number of nitrogens with one attached hydrogen (secondary N) is 1. The van der Waals surface area contributed by atoms with Gasteiger partial charge < -0.3 is 10.4 Å². The highest BCUT2D eigenvalue weighted by atomic mass is 32.2. The van der Waals surface area contributed by atoms with Gasteiger partial charge in [0.2, 0.25) is 5.91 Å². The maximum atomic E-state index is 11.5. The predicted octanol–water partition coefficient (Wildman–Crippen LogP) is 1.74. The summed E-state index contributed by atoms with van der Waals surface area (Å²) < 4.78 is 0. The molecule has 0 aliphatic rings. The highest BCUT2D eigenvalue weighted by molar-refractivity contribution is 8.00. The van der Waals surface area contributed by atoms with Gasteiger partial charge in [0.1, 0.15) is 6.04 Å². The van der Waals surface area contributed by atoms with Crippen molar-refractivity contribution in [3.05, 3.63) is 0 Å². The van der Waals surface area contributed by atoms with Gasteiger partial charge in [-0.05, 0) is 10.7 Å². The van der Waals surface area contributed by atoms with Crippen molar-refractivity contribution >= 4 is 23.6 Å². The molecule has 1 unspecified atom stereocenters. The van der Waals surface area contributed by atoms with Gasteiger partial charge in [-0.3, -0.25) is 4.79 Å². The van der Waals surface area contributed by atoms with Gasteiger partial charge in [-0.1, -0.05) is 34.6 Å². The van der Waals surface area contributed by atoms with E-state index in [0.29, 0.717) is 11.0 Å². The van der Waals surface area contributed by atoms with Crippen LogP contribution in [0.4, 0.5) is 0 Å². The molecule has 1 amide bonds. The average Bonchev–Trinajstić information content (AvgIpc) is 2.08. The molecule has 0 rings (SSSR count). The topological polar surface area (TPSA) is 66.4 Å². The molecule has 0 aromatic rings.